The fourth-order valence-electron chi connectivity index (χ4n) is 2.16. The van der Waals surface area contributed by atoms with E-state index < -0.39 is 0 Å². The number of anilines is 1. The first-order valence-corrected chi connectivity index (χ1v) is 6.57. The molecule has 3 aromatic rings. The molecule has 3 N–H and O–H groups in total. The molecule has 21 heavy (non-hydrogen) atoms. The highest BCUT2D eigenvalue weighted by Gasteiger charge is 2.09. The Bertz CT molecular complexity index is 796. The summed E-state index contributed by atoms with van der Waals surface area (Å²) >= 11 is 0. The van der Waals surface area contributed by atoms with Gasteiger partial charge in [-0.05, 0) is 24.3 Å². The van der Waals surface area contributed by atoms with Crippen molar-refractivity contribution < 1.29 is 4.79 Å². The van der Waals surface area contributed by atoms with Crippen LogP contribution in [0.25, 0.3) is 10.8 Å². The topological polar surface area (TPSA) is 80.9 Å². The maximum absolute atomic E-state index is 12.3. The monoisotopic (exact) mass is 278 g/mol. The summed E-state index contributed by atoms with van der Waals surface area (Å²) < 4.78 is 0. The molecule has 1 aromatic carbocycles. The van der Waals surface area contributed by atoms with Crippen LogP contribution in [0.3, 0.4) is 0 Å². The molecule has 0 fully saturated rings. The fourth-order valence-corrected chi connectivity index (χ4v) is 2.16. The maximum Gasteiger partial charge on any atom is 0.255 e. The molecular formula is C16H14N4O. The van der Waals surface area contributed by atoms with Crippen LogP contribution in [0.15, 0.2) is 55.0 Å². The van der Waals surface area contributed by atoms with Crippen LogP contribution < -0.4 is 11.1 Å². The quantitative estimate of drug-likeness (QED) is 0.770. The van der Waals surface area contributed by atoms with E-state index in [1.807, 2.05) is 24.3 Å². The number of aromatic nitrogens is 2. The van der Waals surface area contributed by atoms with Gasteiger partial charge >= 0.3 is 0 Å². The second-order valence-corrected chi connectivity index (χ2v) is 4.60. The molecule has 3 rings (SSSR count). The van der Waals surface area contributed by atoms with Crippen molar-refractivity contribution >= 4 is 22.4 Å². The molecule has 104 valence electrons. The van der Waals surface area contributed by atoms with Crippen LogP contribution >= 0.6 is 0 Å². The molecule has 0 bridgehead atoms. The third kappa shape index (κ3) is 2.73. The molecule has 5 nitrogen and oxygen atoms in total. The van der Waals surface area contributed by atoms with Crippen molar-refractivity contribution in [1.82, 2.24) is 9.97 Å². The highest BCUT2D eigenvalue weighted by molar-refractivity contribution is 6.09. The third-order valence-corrected chi connectivity index (χ3v) is 3.22. The van der Waals surface area contributed by atoms with Crippen molar-refractivity contribution in [3.63, 3.8) is 0 Å². The Morgan fingerprint density at radius 3 is 2.95 bits per heavy atom. The lowest BCUT2D eigenvalue weighted by atomic mass is 10.1. The van der Waals surface area contributed by atoms with E-state index in [0.717, 1.165) is 16.5 Å². The minimum atomic E-state index is -0.184. The molecule has 5 heteroatoms. The first-order valence-electron chi connectivity index (χ1n) is 6.57. The number of fused-ring (bicyclic) bond motifs is 1. The summed E-state index contributed by atoms with van der Waals surface area (Å²) in [6.45, 7) is 0.307. The van der Waals surface area contributed by atoms with Gasteiger partial charge in [0.15, 0.2) is 0 Å². The molecule has 0 aliphatic carbocycles. The standard InChI is InChI=1S/C16H14N4O/c17-9-13-8-11(4-7-19-13)16(21)20-15-3-1-2-12-10-18-6-5-14(12)15/h1-8,10H,9,17H2,(H,20,21). The number of carbonyl (C=O) groups excluding carboxylic acids is 1. The molecule has 0 aliphatic rings. The molecule has 0 atom stereocenters. The van der Waals surface area contributed by atoms with Crippen molar-refractivity contribution in [3.05, 3.63) is 66.2 Å². The molecule has 0 aliphatic heterocycles. The smallest absolute Gasteiger partial charge is 0.255 e. The summed E-state index contributed by atoms with van der Waals surface area (Å²) in [5.41, 5.74) is 7.52. The molecule has 1 amide bonds. The van der Waals surface area contributed by atoms with Crippen molar-refractivity contribution in [2.45, 2.75) is 6.54 Å². The Morgan fingerprint density at radius 1 is 1.19 bits per heavy atom. The van der Waals surface area contributed by atoms with E-state index in [-0.39, 0.29) is 5.91 Å². The molecule has 2 heterocycles. The van der Waals surface area contributed by atoms with Crippen LogP contribution in [-0.2, 0) is 6.54 Å². The Morgan fingerprint density at radius 2 is 2.10 bits per heavy atom. The van der Waals surface area contributed by atoms with Gasteiger partial charge in [-0.15, -0.1) is 0 Å². The minimum absolute atomic E-state index is 0.184. The lowest BCUT2D eigenvalue weighted by Crippen LogP contribution is -2.13. The number of carbonyl (C=O) groups is 1. The van der Waals surface area contributed by atoms with E-state index in [1.165, 1.54) is 0 Å². The molecule has 0 radical (unpaired) electrons. The number of nitrogens with zero attached hydrogens (tertiary/aromatic N) is 2. The first-order chi connectivity index (χ1) is 10.3. The van der Waals surface area contributed by atoms with E-state index in [1.54, 1.807) is 30.7 Å². The van der Waals surface area contributed by atoms with E-state index in [4.69, 9.17) is 5.73 Å². The highest BCUT2D eigenvalue weighted by atomic mass is 16.1. The van der Waals surface area contributed by atoms with Gasteiger partial charge in [-0.25, -0.2) is 0 Å². The Kier molecular flexibility index (Phi) is 3.57. The van der Waals surface area contributed by atoms with Crippen molar-refractivity contribution in [3.8, 4) is 0 Å². The third-order valence-electron chi connectivity index (χ3n) is 3.22. The summed E-state index contributed by atoms with van der Waals surface area (Å²) in [6.07, 6.45) is 5.06. The van der Waals surface area contributed by atoms with Crippen molar-refractivity contribution in [2.24, 2.45) is 5.73 Å². The number of pyridine rings is 2. The van der Waals surface area contributed by atoms with Gasteiger partial charge in [-0.3, -0.25) is 14.8 Å². The lowest BCUT2D eigenvalue weighted by Gasteiger charge is -2.09. The predicted octanol–water partition coefficient (Wildman–Crippen LogP) is 2.34. The van der Waals surface area contributed by atoms with Gasteiger partial charge in [0.05, 0.1) is 5.69 Å². The van der Waals surface area contributed by atoms with E-state index in [9.17, 15) is 4.79 Å². The molecule has 2 aromatic heterocycles. The molecular weight excluding hydrogens is 264 g/mol. The van der Waals surface area contributed by atoms with Crippen LogP contribution in [0.4, 0.5) is 5.69 Å². The number of benzene rings is 1. The summed E-state index contributed by atoms with van der Waals surface area (Å²) in [5.74, 6) is -0.184. The predicted molar refractivity (Wildman–Crippen MR) is 81.8 cm³/mol. The number of amides is 1. The molecule has 0 unspecified atom stereocenters. The largest absolute Gasteiger partial charge is 0.325 e. The number of nitrogens with two attached hydrogens (primary N) is 1. The first kappa shape index (κ1) is 13.2. The normalized spacial score (nSPS) is 10.5. The molecule has 0 saturated carbocycles. The van der Waals surface area contributed by atoms with E-state index in [2.05, 4.69) is 15.3 Å². The number of hydrogen-bond donors (Lipinski definition) is 2. The second-order valence-electron chi connectivity index (χ2n) is 4.60. The summed E-state index contributed by atoms with van der Waals surface area (Å²) in [4.78, 5) is 20.5. The van der Waals surface area contributed by atoms with Crippen LogP contribution in [0.2, 0.25) is 0 Å². The van der Waals surface area contributed by atoms with E-state index >= 15 is 0 Å². The fraction of sp³-hybridized carbons (Fsp3) is 0.0625. The molecule has 0 saturated heterocycles. The van der Waals surface area contributed by atoms with Gasteiger partial charge in [-0.2, -0.15) is 0 Å². The van der Waals surface area contributed by atoms with Gasteiger partial charge in [-0.1, -0.05) is 12.1 Å². The molecule has 0 spiro atoms. The summed E-state index contributed by atoms with van der Waals surface area (Å²) in [7, 11) is 0. The minimum Gasteiger partial charge on any atom is -0.325 e. The van der Waals surface area contributed by atoms with Crippen LogP contribution in [0.1, 0.15) is 16.1 Å². The van der Waals surface area contributed by atoms with Crippen LogP contribution in [0, 0.1) is 0 Å². The summed E-state index contributed by atoms with van der Waals surface area (Å²) in [6, 6.07) is 11.0. The van der Waals surface area contributed by atoms with Crippen LogP contribution in [-0.4, -0.2) is 15.9 Å². The van der Waals surface area contributed by atoms with Crippen LogP contribution in [0.5, 0.6) is 0 Å². The maximum atomic E-state index is 12.3. The van der Waals surface area contributed by atoms with Crippen molar-refractivity contribution in [2.75, 3.05) is 5.32 Å². The average molecular weight is 278 g/mol. The van der Waals surface area contributed by atoms with Gasteiger partial charge in [0.25, 0.3) is 5.91 Å². The Labute approximate surface area is 121 Å². The Balaban J connectivity index is 1.93. The van der Waals surface area contributed by atoms with Gasteiger partial charge in [0.1, 0.15) is 0 Å². The lowest BCUT2D eigenvalue weighted by molar-refractivity contribution is 0.102. The van der Waals surface area contributed by atoms with E-state index in [0.29, 0.717) is 17.8 Å². The number of rotatable bonds is 3. The zero-order valence-electron chi connectivity index (χ0n) is 11.3. The average Bonchev–Trinajstić information content (AvgIpc) is 2.55. The van der Waals surface area contributed by atoms with Gasteiger partial charge in [0, 0.05) is 47.2 Å². The van der Waals surface area contributed by atoms with Gasteiger partial charge < -0.3 is 11.1 Å². The zero-order valence-corrected chi connectivity index (χ0v) is 11.3. The second kappa shape index (κ2) is 5.68. The highest BCUT2D eigenvalue weighted by Crippen LogP contribution is 2.22. The van der Waals surface area contributed by atoms with Gasteiger partial charge in [0.2, 0.25) is 0 Å². The number of hydrogen-bond acceptors (Lipinski definition) is 4. The Hall–Kier alpha value is -2.79. The van der Waals surface area contributed by atoms with Crippen molar-refractivity contribution in [1.29, 1.82) is 0 Å². The SMILES string of the molecule is NCc1cc(C(=O)Nc2cccc3cnccc23)ccn1. The summed E-state index contributed by atoms with van der Waals surface area (Å²) in [5, 5.41) is 4.85. The zero-order chi connectivity index (χ0) is 14.7. The number of nitrogens with one attached hydrogen (secondary N) is 1.